The number of carbonyl (C=O) groups excluding carboxylic acids is 1. The first-order valence-electron chi connectivity index (χ1n) is 10.3. The molecule has 1 aliphatic heterocycles. The number of methoxy groups -OCH3 is 1. The molecule has 1 N–H and O–H groups in total. The van der Waals surface area contributed by atoms with E-state index in [4.69, 9.17) is 4.74 Å². The lowest BCUT2D eigenvalue weighted by atomic mass is 9.96. The van der Waals surface area contributed by atoms with Crippen LogP contribution in [0.3, 0.4) is 0 Å². The van der Waals surface area contributed by atoms with Crippen molar-refractivity contribution in [3.8, 4) is 0 Å². The van der Waals surface area contributed by atoms with Crippen molar-refractivity contribution in [2.75, 3.05) is 26.8 Å². The number of amides is 2. The molecule has 28 heavy (non-hydrogen) atoms. The number of ether oxygens (including phenoxy) is 1. The highest BCUT2D eigenvalue weighted by molar-refractivity contribution is 5.75. The molecule has 0 radical (unpaired) electrons. The largest absolute Gasteiger partial charge is 0.383 e. The zero-order valence-corrected chi connectivity index (χ0v) is 16.5. The molecule has 2 aromatic heterocycles. The van der Waals surface area contributed by atoms with Crippen LogP contribution in [0, 0.1) is 0 Å². The molecule has 0 aromatic carbocycles. The Morgan fingerprint density at radius 2 is 2.11 bits per heavy atom. The van der Waals surface area contributed by atoms with Gasteiger partial charge < -0.3 is 15.0 Å². The maximum absolute atomic E-state index is 13.1. The summed E-state index contributed by atoms with van der Waals surface area (Å²) in [5.74, 6) is 0. The van der Waals surface area contributed by atoms with E-state index in [2.05, 4.69) is 10.3 Å². The lowest BCUT2D eigenvalue weighted by Crippen LogP contribution is -2.44. The molecule has 4 rings (SSSR count). The van der Waals surface area contributed by atoms with Crippen molar-refractivity contribution >= 4 is 17.2 Å². The number of imidazole rings is 1. The molecule has 2 aliphatic rings. The third-order valence-electron chi connectivity index (χ3n) is 5.99. The first kappa shape index (κ1) is 19.0. The smallest absolute Gasteiger partial charge is 0.330 e. The minimum absolute atomic E-state index is 0.00136. The third-order valence-corrected chi connectivity index (χ3v) is 5.99. The number of nitrogens with one attached hydrogen (secondary N) is 1. The summed E-state index contributed by atoms with van der Waals surface area (Å²) in [5, 5.41) is 3.18. The Hall–Kier alpha value is -2.35. The Labute approximate surface area is 164 Å². The van der Waals surface area contributed by atoms with Crippen molar-refractivity contribution in [2.45, 2.75) is 57.2 Å². The number of fused-ring (bicyclic) bond motifs is 1. The third kappa shape index (κ3) is 3.65. The minimum atomic E-state index is -0.0784. The highest BCUT2D eigenvalue weighted by Crippen LogP contribution is 2.25. The Bertz CT molecular complexity index is 884. The van der Waals surface area contributed by atoms with Gasteiger partial charge in [-0.15, -0.1) is 0 Å². The SMILES string of the molecule is COCCn1c(=O)n([C@@H]2CCN(C(=O)NC3CCCCC3)C2)c2ncccc21. The number of hydrogen-bond acceptors (Lipinski definition) is 4. The second kappa shape index (κ2) is 8.34. The van der Waals surface area contributed by atoms with Crippen LogP contribution in [0.15, 0.2) is 23.1 Å². The van der Waals surface area contributed by atoms with E-state index >= 15 is 0 Å². The van der Waals surface area contributed by atoms with Crippen LogP contribution in [0.1, 0.15) is 44.6 Å². The molecule has 0 spiro atoms. The van der Waals surface area contributed by atoms with Crippen LogP contribution in [0.2, 0.25) is 0 Å². The molecule has 0 bridgehead atoms. The van der Waals surface area contributed by atoms with E-state index in [1.807, 2.05) is 17.0 Å². The average Bonchev–Trinajstić information content (AvgIpc) is 3.30. The first-order valence-corrected chi connectivity index (χ1v) is 10.3. The monoisotopic (exact) mass is 387 g/mol. The summed E-state index contributed by atoms with van der Waals surface area (Å²) >= 11 is 0. The summed E-state index contributed by atoms with van der Waals surface area (Å²) in [6.07, 6.45) is 8.25. The predicted octanol–water partition coefficient (Wildman–Crippen LogP) is 2.13. The Balaban J connectivity index is 1.52. The van der Waals surface area contributed by atoms with Gasteiger partial charge in [-0.05, 0) is 31.4 Å². The van der Waals surface area contributed by atoms with Crippen LogP contribution in [0.4, 0.5) is 4.79 Å². The molecule has 0 unspecified atom stereocenters. The van der Waals surface area contributed by atoms with Gasteiger partial charge in [-0.2, -0.15) is 0 Å². The van der Waals surface area contributed by atoms with Crippen LogP contribution >= 0.6 is 0 Å². The fraction of sp³-hybridized carbons (Fsp3) is 0.650. The van der Waals surface area contributed by atoms with Gasteiger partial charge in [0.2, 0.25) is 0 Å². The number of carbonyl (C=O) groups is 1. The maximum atomic E-state index is 13.1. The van der Waals surface area contributed by atoms with Crippen molar-refractivity contribution in [2.24, 2.45) is 0 Å². The number of nitrogens with zero attached hydrogens (tertiary/aromatic N) is 4. The molecular weight excluding hydrogens is 358 g/mol. The number of pyridine rings is 1. The van der Waals surface area contributed by atoms with E-state index in [9.17, 15) is 9.59 Å². The van der Waals surface area contributed by atoms with Crippen LogP contribution < -0.4 is 11.0 Å². The number of aromatic nitrogens is 3. The lowest BCUT2D eigenvalue weighted by Gasteiger charge is -2.26. The maximum Gasteiger partial charge on any atom is 0.330 e. The van der Waals surface area contributed by atoms with E-state index in [-0.39, 0.29) is 17.8 Å². The molecule has 2 fully saturated rings. The number of urea groups is 1. The minimum Gasteiger partial charge on any atom is -0.383 e. The van der Waals surface area contributed by atoms with E-state index in [1.54, 1.807) is 22.4 Å². The summed E-state index contributed by atoms with van der Waals surface area (Å²) < 4.78 is 8.64. The van der Waals surface area contributed by atoms with Crippen LogP contribution in [-0.2, 0) is 11.3 Å². The normalized spacial score (nSPS) is 20.8. The van der Waals surface area contributed by atoms with Gasteiger partial charge in [0.25, 0.3) is 0 Å². The second-order valence-corrected chi connectivity index (χ2v) is 7.82. The Morgan fingerprint density at radius 1 is 1.29 bits per heavy atom. The molecular formula is C20H29N5O3. The molecule has 2 aromatic rings. The van der Waals surface area contributed by atoms with Crippen molar-refractivity contribution in [1.29, 1.82) is 0 Å². The van der Waals surface area contributed by atoms with E-state index < -0.39 is 0 Å². The van der Waals surface area contributed by atoms with Crippen molar-refractivity contribution in [3.63, 3.8) is 0 Å². The first-order chi connectivity index (χ1) is 13.7. The van der Waals surface area contributed by atoms with Crippen LogP contribution in [0.25, 0.3) is 11.2 Å². The molecule has 1 saturated heterocycles. The van der Waals surface area contributed by atoms with E-state index in [0.29, 0.717) is 37.9 Å². The average molecular weight is 387 g/mol. The standard InChI is InChI=1S/C20H29N5O3/c1-28-13-12-24-17-8-5-10-21-18(17)25(20(24)27)16-9-11-23(14-16)19(26)22-15-6-3-2-4-7-15/h5,8,10,15-16H,2-4,6-7,9,11-14H2,1H3,(H,22,26)/t16-/m1/s1. The van der Waals surface area contributed by atoms with Gasteiger partial charge in [0, 0.05) is 32.4 Å². The fourth-order valence-electron chi connectivity index (χ4n) is 4.49. The summed E-state index contributed by atoms with van der Waals surface area (Å²) in [5.41, 5.74) is 1.42. The fourth-order valence-corrected chi connectivity index (χ4v) is 4.49. The van der Waals surface area contributed by atoms with Gasteiger partial charge in [-0.3, -0.25) is 9.13 Å². The summed E-state index contributed by atoms with van der Waals surface area (Å²) in [7, 11) is 1.63. The van der Waals surface area contributed by atoms with E-state index in [1.165, 1.54) is 19.3 Å². The number of hydrogen-bond donors (Lipinski definition) is 1. The second-order valence-electron chi connectivity index (χ2n) is 7.82. The van der Waals surface area contributed by atoms with Gasteiger partial charge in [-0.25, -0.2) is 14.6 Å². The predicted molar refractivity (Wildman–Crippen MR) is 107 cm³/mol. The molecule has 8 heteroatoms. The van der Waals surface area contributed by atoms with Gasteiger partial charge in [0.15, 0.2) is 5.65 Å². The van der Waals surface area contributed by atoms with Gasteiger partial charge >= 0.3 is 11.7 Å². The number of rotatable bonds is 5. The molecule has 152 valence electrons. The summed E-state index contributed by atoms with van der Waals surface area (Å²) in [4.78, 5) is 32.1. The Kier molecular flexibility index (Phi) is 5.66. The molecule has 1 atom stereocenters. The van der Waals surface area contributed by atoms with Gasteiger partial charge in [-0.1, -0.05) is 19.3 Å². The molecule has 1 aliphatic carbocycles. The quantitative estimate of drug-likeness (QED) is 0.852. The van der Waals surface area contributed by atoms with Crippen molar-refractivity contribution in [1.82, 2.24) is 24.3 Å². The zero-order valence-electron chi connectivity index (χ0n) is 16.5. The van der Waals surface area contributed by atoms with Crippen LogP contribution in [-0.4, -0.2) is 57.9 Å². The zero-order chi connectivity index (χ0) is 19.5. The lowest BCUT2D eigenvalue weighted by molar-refractivity contribution is 0.187. The Morgan fingerprint density at radius 3 is 2.89 bits per heavy atom. The van der Waals surface area contributed by atoms with Crippen LogP contribution in [0.5, 0.6) is 0 Å². The van der Waals surface area contributed by atoms with Gasteiger partial charge in [0.1, 0.15) is 0 Å². The summed E-state index contributed by atoms with van der Waals surface area (Å²) in [6, 6.07) is 4.00. The highest BCUT2D eigenvalue weighted by atomic mass is 16.5. The van der Waals surface area contributed by atoms with E-state index in [0.717, 1.165) is 24.8 Å². The summed E-state index contributed by atoms with van der Waals surface area (Å²) in [6.45, 7) is 2.16. The highest BCUT2D eigenvalue weighted by Gasteiger charge is 2.31. The topological polar surface area (TPSA) is 81.4 Å². The molecule has 3 heterocycles. The van der Waals surface area contributed by atoms with Gasteiger partial charge in [0.05, 0.1) is 24.7 Å². The van der Waals surface area contributed by atoms with Crippen molar-refractivity contribution < 1.29 is 9.53 Å². The molecule has 8 nitrogen and oxygen atoms in total. The molecule has 2 amide bonds. The molecule has 1 saturated carbocycles. The number of likely N-dealkylation sites (tertiary alicyclic amines) is 1. The van der Waals surface area contributed by atoms with Crippen molar-refractivity contribution in [3.05, 3.63) is 28.8 Å².